The molecule has 0 fully saturated rings. The lowest BCUT2D eigenvalue weighted by atomic mass is 10.1. The quantitative estimate of drug-likeness (QED) is 0.411. The molecule has 2 unspecified atom stereocenters. The lowest BCUT2D eigenvalue weighted by molar-refractivity contribution is -0.110. The maximum atomic E-state index is 6.24. The molecule has 0 amide bonds. The van der Waals surface area contributed by atoms with Crippen molar-refractivity contribution in [1.29, 1.82) is 0 Å². The summed E-state index contributed by atoms with van der Waals surface area (Å²) in [6.45, 7) is 3.91. The molecule has 0 saturated carbocycles. The Bertz CT molecular complexity index is 739. The lowest BCUT2D eigenvalue weighted by Gasteiger charge is -2.24. The van der Waals surface area contributed by atoms with Gasteiger partial charge < -0.3 is 9.47 Å². The lowest BCUT2D eigenvalue weighted by Crippen LogP contribution is -2.15. The highest BCUT2D eigenvalue weighted by Crippen LogP contribution is 2.30. The molecule has 3 aromatic carbocycles. The Morgan fingerprint density at radius 3 is 1.71 bits per heavy atom. The fourth-order valence-electron chi connectivity index (χ4n) is 2.45. The van der Waals surface area contributed by atoms with Crippen LogP contribution in [0.25, 0.3) is 0 Å². The third-order valence-corrected chi connectivity index (χ3v) is 3.67. The minimum atomic E-state index is -0.517. The molecule has 0 aliphatic heterocycles. The highest BCUT2D eigenvalue weighted by Gasteiger charge is 2.19. The zero-order valence-corrected chi connectivity index (χ0v) is 13.4. The summed E-state index contributed by atoms with van der Waals surface area (Å²) in [5, 5.41) is 0. The summed E-state index contributed by atoms with van der Waals surface area (Å²) >= 11 is 0. The predicted octanol–water partition coefficient (Wildman–Crippen LogP) is 5.71. The van der Waals surface area contributed by atoms with Gasteiger partial charge in [0.1, 0.15) is 11.9 Å². The molecule has 0 radical (unpaired) electrons. The van der Waals surface area contributed by atoms with Crippen molar-refractivity contribution in [3.63, 3.8) is 0 Å². The van der Waals surface area contributed by atoms with Crippen LogP contribution in [0.3, 0.4) is 0 Å². The van der Waals surface area contributed by atoms with E-state index in [9.17, 15) is 0 Å². The third kappa shape index (κ3) is 4.12. The van der Waals surface area contributed by atoms with Gasteiger partial charge in [0, 0.05) is 5.56 Å². The second kappa shape index (κ2) is 8.14. The molecule has 0 aromatic heterocycles. The van der Waals surface area contributed by atoms with Gasteiger partial charge in [0.05, 0.1) is 0 Å². The second-order valence-electron chi connectivity index (χ2n) is 5.38. The summed E-state index contributed by atoms with van der Waals surface area (Å²) in [6.07, 6.45) is 1.02. The Balaban J connectivity index is 1.85. The Morgan fingerprint density at radius 2 is 1.17 bits per heavy atom. The summed E-state index contributed by atoms with van der Waals surface area (Å²) in [5.74, 6) is 0.766. The van der Waals surface area contributed by atoms with Gasteiger partial charge in [0.25, 0.3) is 0 Å². The van der Waals surface area contributed by atoms with Crippen LogP contribution in [-0.4, -0.2) is 0 Å². The van der Waals surface area contributed by atoms with Crippen LogP contribution < -0.4 is 4.74 Å². The number of hydrogen-bond acceptors (Lipinski definition) is 2. The van der Waals surface area contributed by atoms with Crippen molar-refractivity contribution in [2.75, 3.05) is 0 Å². The molecule has 3 aromatic rings. The first-order valence-corrected chi connectivity index (χ1v) is 7.96. The van der Waals surface area contributed by atoms with E-state index < -0.39 is 6.29 Å². The molecule has 0 heterocycles. The van der Waals surface area contributed by atoms with Crippen LogP contribution in [0.1, 0.15) is 23.5 Å². The SMILES string of the molecule is C=CC(OC(Oc1ccccc1)c1ccccc1)c1ccccc1. The molecule has 0 bridgehead atoms. The maximum absolute atomic E-state index is 6.24. The first-order chi connectivity index (χ1) is 11.9. The third-order valence-electron chi connectivity index (χ3n) is 3.67. The van der Waals surface area contributed by atoms with Gasteiger partial charge in [-0.2, -0.15) is 0 Å². The van der Waals surface area contributed by atoms with Gasteiger partial charge in [-0.3, -0.25) is 0 Å². The van der Waals surface area contributed by atoms with E-state index in [4.69, 9.17) is 9.47 Å². The molecule has 0 N–H and O–H groups in total. The van der Waals surface area contributed by atoms with Gasteiger partial charge in [-0.05, 0) is 17.7 Å². The summed E-state index contributed by atoms with van der Waals surface area (Å²) in [4.78, 5) is 0. The Kier molecular flexibility index (Phi) is 5.44. The molecule has 0 spiro atoms. The minimum Gasteiger partial charge on any atom is -0.461 e. The van der Waals surface area contributed by atoms with Gasteiger partial charge in [0.2, 0.25) is 6.29 Å². The summed E-state index contributed by atoms with van der Waals surface area (Å²) in [5.41, 5.74) is 2.01. The second-order valence-corrected chi connectivity index (χ2v) is 5.38. The largest absolute Gasteiger partial charge is 0.461 e. The smallest absolute Gasteiger partial charge is 0.227 e. The number of rotatable bonds is 7. The van der Waals surface area contributed by atoms with E-state index in [2.05, 4.69) is 6.58 Å². The van der Waals surface area contributed by atoms with Crippen LogP contribution >= 0.6 is 0 Å². The van der Waals surface area contributed by atoms with Gasteiger partial charge in [0.15, 0.2) is 0 Å². The molecule has 120 valence electrons. The Morgan fingerprint density at radius 1 is 0.667 bits per heavy atom. The van der Waals surface area contributed by atoms with Crippen molar-refractivity contribution in [1.82, 2.24) is 0 Å². The van der Waals surface area contributed by atoms with Crippen LogP contribution in [0, 0.1) is 0 Å². The van der Waals surface area contributed by atoms with E-state index in [-0.39, 0.29) is 6.10 Å². The van der Waals surface area contributed by atoms with Crippen LogP contribution in [-0.2, 0) is 4.74 Å². The zero-order valence-electron chi connectivity index (χ0n) is 13.4. The molecular weight excluding hydrogens is 296 g/mol. The van der Waals surface area contributed by atoms with Crippen LogP contribution in [0.4, 0.5) is 0 Å². The maximum Gasteiger partial charge on any atom is 0.227 e. The topological polar surface area (TPSA) is 18.5 Å². The first-order valence-electron chi connectivity index (χ1n) is 7.96. The molecule has 2 heteroatoms. The number of ether oxygens (including phenoxy) is 2. The number of para-hydroxylation sites is 1. The molecular formula is C22H20O2. The van der Waals surface area contributed by atoms with Crippen molar-refractivity contribution in [2.24, 2.45) is 0 Å². The Hall–Kier alpha value is -2.84. The molecule has 2 atom stereocenters. The normalized spacial score (nSPS) is 13.0. The van der Waals surface area contributed by atoms with Crippen molar-refractivity contribution < 1.29 is 9.47 Å². The Labute approximate surface area is 143 Å². The molecule has 3 rings (SSSR count). The predicted molar refractivity (Wildman–Crippen MR) is 96.7 cm³/mol. The van der Waals surface area contributed by atoms with E-state index in [0.717, 1.165) is 16.9 Å². The number of benzene rings is 3. The van der Waals surface area contributed by atoms with Gasteiger partial charge in [-0.15, -0.1) is 6.58 Å². The van der Waals surface area contributed by atoms with E-state index in [1.54, 1.807) is 6.08 Å². The van der Waals surface area contributed by atoms with Crippen molar-refractivity contribution in [2.45, 2.75) is 12.4 Å². The highest BCUT2D eigenvalue weighted by molar-refractivity contribution is 5.25. The van der Waals surface area contributed by atoms with Crippen molar-refractivity contribution >= 4 is 0 Å². The molecule has 24 heavy (non-hydrogen) atoms. The van der Waals surface area contributed by atoms with Gasteiger partial charge in [-0.1, -0.05) is 84.9 Å². The average Bonchev–Trinajstić information content (AvgIpc) is 2.67. The van der Waals surface area contributed by atoms with E-state index >= 15 is 0 Å². The average molecular weight is 316 g/mol. The molecule has 0 aliphatic rings. The first kappa shape index (κ1) is 16.0. The fourth-order valence-corrected chi connectivity index (χ4v) is 2.45. The van der Waals surface area contributed by atoms with Gasteiger partial charge in [-0.25, -0.2) is 0 Å². The van der Waals surface area contributed by atoms with Crippen molar-refractivity contribution in [3.05, 3.63) is 115 Å². The van der Waals surface area contributed by atoms with E-state index in [0.29, 0.717) is 0 Å². The van der Waals surface area contributed by atoms with E-state index in [1.165, 1.54) is 0 Å². The summed E-state index contributed by atoms with van der Waals surface area (Å²) in [6, 6.07) is 29.6. The van der Waals surface area contributed by atoms with Crippen molar-refractivity contribution in [3.8, 4) is 5.75 Å². The van der Waals surface area contributed by atoms with Crippen LogP contribution in [0.15, 0.2) is 104 Å². The highest BCUT2D eigenvalue weighted by atomic mass is 16.7. The standard InChI is InChI=1S/C22H20O2/c1-2-21(18-12-6-3-7-13-18)24-22(19-14-8-4-9-15-19)23-20-16-10-5-11-17-20/h2-17,21-22H,1H2. The summed E-state index contributed by atoms with van der Waals surface area (Å²) < 4.78 is 12.3. The molecule has 0 saturated heterocycles. The fraction of sp³-hybridized carbons (Fsp3) is 0.0909. The minimum absolute atomic E-state index is 0.250. The monoisotopic (exact) mass is 316 g/mol. The van der Waals surface area contributed by atoms with Crippen LogP contribution in [0.5, 0.6) is 5.75 Å². The zero-order chi connectivity index (χ0) is 16.6. The van der Waals surface area contributed by atoms with Gasteiger partial charge >= 0.3 is 0 Å². The van der Waals surface area contributed by atoms with E-state index in [1.807, 2.05) is 91.0 Å². The molecule has 2 nitrogen and oxygen atoms in total. The van der Waals surface area contributed by atoms with Crippen LogP contribution in [0.2, 0.25) is 0 Å². The molecule has 0 aliphatic carbocycles. The summed E-state index contributed by atoms with van der Waals surface area (Å²) in [7, 11) is 0. The number of hydrogen-bond donors (Lipinski definition) is 0.